The van der Waals surface area contributed by atoms with E-state index < -0.39 is 50.2 Å². The average Bonchev–Trinajstić information content (AvgIpc) is 2.51. The first-order valence-corrected chi connectivity index (χ1v) is 11.2. The third kappa shape index (κ3) is 16.0. The summed E-state index contributed by atoms with van der Waals surface area (Å²) >= 11 is 0. The van der Waals surface area contributed by atoms with Crippen LogP contribution in [-0.2, 0) is 34.0 Å². The Kier molecular flexibility index (Phi) is 11.3. The number of sulfone groups is 1. The van der Waals surface area contributed by atoms with Crippen LogP contribution < -0.4 is 16.8 Å². The second-order valence-corrected chi connectivity index (χ2v) is 9.03. The first-order valence-electron chi connectivity index (χ1n) is 8.00. The van der Waals surface area contributed by atoms with Crippen LogP contribution >= 0.6 is 0 Å². The molecule has 0 atom stereocenters. The van der Waals surface area contributed by atoms with Crippen LogP contribution in [0.5, 0.6) is 0 Å². The van der Waals surface area contributed by atoms with Gasteiger partial charge in [0.2, 0.25) is 11.8 Å². The normalized spacial score (nSPS) is 11.2. The van der Waals surface area contributed by atoms with E-state index in [0.29, 0.717) is 0 Å². The molecule has 0 fully saturated rings. The first kappa shape index (κ1) is 25.8. The van der Waals surface area contributed by atoms with Gasteiger partial charge in [-0.05, 0) is 24.6 Å². The minimum atomic E-state index is -4.67. The van der Waals surface area contributed by atoms with Crippen LogP contribution in [0.1, 0.15) is 18.4 Å². The molecule has 28 heavy (non-hydrogen) atoms. The van der Waals surface area contributed by atoms with Crippen LogP contribution in [0.25, 0.3) is 0 Å². The molecule has 0 aliphatic carbocycles. The lowest BCUT2D eigenvalue weighted by Crippen LogP contribution is -2.31. The van der Waals surface area contributed by atoms with Gasteiger partial charge >= 0.3 is 10.4 Å². The smallest absolute Gasteiger partial charge is 0.397 e. The number of carbonyl (C=O) groups is 2. The van der Waals surface area contributed by atoms with Gasteiger partial charge in [0.05, 0.1) is 18.1 Å². The SMILES string of the molecule is Cc1cccc(N)c1.NC(=O)CCC(=O)NCCS(=O)(=O)CCOS(=O)(=O)O. The van der Waals surface area contributed by atoms with Gasteiger partial charge in [0, 0.05) is 25.1 Å². The molecule has 1 aromatic carbocycles. The van der Waals surface area contributed by atoms with Crippen LogP contribution in [0, 0.1) is 6.92 Å². The quantitative estimate of drug-likeness (QED) is 0.266. The number of nitrogen functional groups attached to an aromatic ring is 1. The summed E-state index contributed by atoms with van der Waals surface area (Å²) in [5, 5.41) is 2.27. The number of amides is 2. The van der Waals surface area contributed by atoms with E-state index >= 15 is 0 Å². The monoisotopic (exact) mass is 439 g/mol. The molecule has 0 heterocycles. The third-order valence-corrected chi connectivity index (χ3v) is 5.08. The Hall–Kier alpha value is -2.22. The zero-order chi connectivity index (χ0) is 21.8. The molecule has 13 heteroatoms. The molecule has 1 aromatic rings. The molecular formula is C15H25N3O8S2. The lowest BCUT2D eigenvalue weighted by atomic mass is 10.2. The van der Waals surface area contributed by atoms with Gasteiger partial charge < -0.3 is 16.8 Å². The van der Waals surface area contributed by atoms with Crippen LogP contribution in [0.15, 0.2) is 24.3 Å². The molecule has 0 radical (unpaired) electrons. The lowest BCUT2D eigenvalue weighted by molar-refractivity contribution is -0.124. The maximum Gasteiger partial charge on any atom is 0.397 e. The highest BCUT2D eigenvalue weighted by atomic mass is 32.3. The summed E-state index contributed by atoms with van der Waals surface area (Å²) in [6.07, 6.45) is -0.276. The zero-order valence-corrected chi connectivity index (χ0v) is 17.0. The van der Waals surface area contributed by atoms with Gasteiger partial charge in [-0.15, -0.1) is 0 Å². The molecule has 0 unspecified atom stereocenters. The number of hydrogen-bond acceptors (Lipinski definition) is 8. The second kappa shape index (κ2) is 12.3. The number of rotatable bonds is 10. The number of primary amides is 1. The van der Waals surface area contributed by atoms with E-state index in [0.717, 1.165) is 5.69 Å². The number of aryl methyl sites for hydroxylation is 1. The Morgan fingerprint density at radius 3 is 2.25 bits per heavy atom. The highest BCUT2D eigenvalue weighted by Crippen LogP contribution is 2.03. The van der Waals surface area contributed by atoms with E-state index in [1.807, 2.05) is 31.2 Å². The number of benzene rings is 1. The molecule has 6 N–H and O–H groups in total. The second-order valence-electron chi connectivity index (χ2n) is 5.63. The molecule has 0 aliphatic rings. The number of anilines is 1. The minimum Gasteiger partial charge on any atom is -0.399 e. The van der Waals surface area contributed by atoms with Crippen LogP contribution in [0.3, 0.4) is 0 Å². The summed E-state index contributed by atoms with van der Waals surface area (Å²) < 4.78 is 55.2. The molecule has 0 aliphatic heterocycles. The maximum atomic E-state index is 11.4. The van der Waals surface area contributed by atoms with Crippen molar-refractivity contribution < 1.29 is 35.2 Å². The molecule has 0 saturated heterocycles. The number of hydrogen-bond donors (Lipinski definition) is 4. The van der Waals surface area contributed by atoms with Crippen molar-refractivity contribution in [1.82, 2.24) is 5.32 Å². The van der Waals surface area contributed by atoms with Crippen molar-refractivity contribution in [3.63, 3.8) is 0 Å². The molecule has 0 saturated carbocycles. The summed E-state index contributed by atoms with van der Waals surface area (Å²) in [7, 11) is -8.31. The van der Waals surface area contributed by atoms with Crippen LogP contribution in [-0.4, -0.2) is 57.9 Å². The van der Waals surface area contributed by atoms with E-state index in [-0.39, 0.29) is 19.4 Å². The van der Waals surface area contributed by atoms with E-state index in [2.05, 4.69) is 9.50 Å². The summed E-state index contributed by atoms with van der Waals surface area (Å²) in [4.78, 5) is 21.5. The predicted octanol–water partition coefficient (Wildman–Crippen LogP) is -0.820. The van der Waals surface area contributed by atoms with Crippen molar-refractivity contribution in [2.24, 2.45) is 5.73 Å². The number of nitrogens with one attached hydrogen (secondary N) is 1. The highest BCUT2D eigenvalue weighted by Gasteiger charge is 2.14. The van der Waals surface area contributed by atoms with Gasteiger partial charge in [-0.1, -0.05) is 12.1 Å². The lowest BCUT2D eigenvalue weighted by Gasteiger charge is -2.06. The molecule has 11 nitrogen and oxygen atoms in total. The van der Waals surface area contributed by atoms with Gasteiger partial charge in [0.15, 0.2) is 9.84 Å². The molecule has 1 rings (SSSR count). The molecule has 0 bridgehead atoms. The molecule has 0 spiro atoms. The van der Waals surface area contributed by atoms with E-state index in [1.54, 1.807) is 0 Å². The Balaban J connectivity index is 0.000000749. The number of nitrogens with two attached hydrogens (primary N) is 2. The summed E-state index contributed by atoms with van der Waals surface area (Å²) in [5.74, 6) is -2.21. The Morgan fingerprint density at radius 2 is 1.79 bits per heavy atom. The van der Waals surface area contributed by atoms with E-state index in [9.17, 15) is 26.4 Å². The standard InChI is InChI=1S/C8H16N2O8S2.C7H9N/c9-7(11)1-2-8(12)10-3-5-19(13,14)6-4-18-20(15,16)17;1-6-3-2-4-7(8)5-6/h1-6H2,(H2,9,11)(H,10,12)(H,15,16,17);2-5H,8H2,1H3. The van der Waals surface area contributed by atoms with Gasteiger partial charge in [0.25, 0.3) is 0 Å². The van der Waals surface area contributed by atoms with E-state index in [1.165, 1.54) is 5.56 Å². The van der Waals surface area contributed by atoms with Crippen molar-refractivity contribution in [2.45, 2.75) is 19.8 Å². The van der Waals surface area contributed by atoms with Crippen molar-refractivity contribution >= 4 is 37.7 Å². The molecule has 2 amide bonds. The van der Waals surface area contributed by atoms with Gasteiger partial charge in [-0.3, -0.25) is 14.1 Å². The fourth-order valence-corrected chi connectivity index (χ4v) is 3.06. The van der Waals surface area contributed by atoms with Gasteiger partial charge in [-0.25, -0.2) is 12.6 Å². The van der Waals surface area contributed by atoms with Crippen molar-refractivity contribution in [1.29, 1.82) is 0 Å². The summed E-state index contributed by atoms with van der Waals surface area (Å²) in [6.45, 7) is 1.12. The van der Waals surface area contributed by atoms with Crippen LogP contribution in [0.2, 0.25) is 0 Å². The van der Waals surface area contributed by atoms with Crippen molar-refractivity contribution in [2.75, 3.05) is 30.4 Å². The third-order valence-electron chi connectivity index (χ3n) is 3.00. The topological polar surface area (TPSA) is 196 Å². The number of carbonyl (C=O) groups excluding carboxylic acids is 2. The van der Waals surface area contributed by atoms with Gasteiger partial charge in [-0.2, -0.15) is 8.42 Å². The molecule has 0 aromatic heterocycles. The zero-order valence-electron chi connectivity index (χ0n) is 15.3. The summed E-state index contributed by atoms with van der Waals surface area (Å²) in [6, 6.07) is 7.80. The Labute approximate surface area is 164 Å². The Bertz CT molecular complexity index is 837. The first-order chi connectivity index (χ1) is 12.8. The Morgan fingerprint density at radius 1 is 1.14 bits per heavy atom. The maximum absolute atomic E-state index is 11.4. The largest absolute Gasteiger partial charge is 0.399 e. The predicted molar refractivity (Wildman–Crippen MR) is 103 cm³/mol. The van der Waals surface area contributed by atoms with Crippen LogP contribution in [0.4, 0.5) is 5.69 Å². The van der Waals surface area contributed by atoms with Gasteiger partial charge in [0.1, 0.15) is 0 Å². The fourth-order valence-electron chi connectivity index (χ4n) is 1.71. The van der Waals surface area contributed by atoms with E-state index in [4.69, 9.17) is 16.0 Å². The average molecular weight is 440 g/mol. The molecule has 160 valence electrons. The van der Waals surface area contributed by atoms with Crippen molar-refractivity contribution in [3.05, 3.63) is 29.8 Å². The van der Waals surface area contributed by atoms with Crippen molar-refractivity contribution in [3.8, 4) is 0 Å². The summed E-state index contributed by atoms with van der Waals surface area (Å²) in [5.41, 5.74) is 12.3. The molecular weight excluding hydrogens is 414 g/mol. The highest BCUT2D eigenvalue weighted by molar-refractivity contribution is 7.91. The minimum absolute atomic E-state index is 0.138. The fraction of sp³-hybridized carbons (Fsp3) is 0.467.